The molecule has 3 aromatic rings. The Bertz CT molecular complexity index is 1580. The molecule has 0 aliphatic carbocycles. The second-order valence-corrected chi connectivity index (χ2v) is 14.1. The van der Waals surface area contributed by atoms with Crippen molar-refractivity contribution in [3.05, 3.63) is 102 Å². The number of likely N-dealkylation sites (tertiary alicyclic amines) is 1. The fraction of sp³-hybridized carbons (Fsp3) is 0.475. The van der Waals surface area contributed by atoms with E-state index in [1.165, 1.54) is 17.7 Å². The van der Waals surface area contributed by atoms with Crippen LogP contribution in [0.4, 0.5) is 0 Å². The van der Waals surface area contributed by atoms with Crippen molar-refractivity contribution in [2.75, 3.05) is 13.7 Å². The van der Waals surface area contributed by atoms with Crippen LogP contribution in [0.3, 0.4) is 0 Å². The van der Waals surface area contributed by atoms with Crippen molar-refractivity contribution in [2.45, 2.75) is 103 Å². The molecule has 0 N–H and O–H groups in total. The van der Waals surface area contributed by atoms with Gasteiger partial charge in [0.1, 0.15) is 23.6 Å². The largest absolute Gasteiger partial charge is 0.497 e. The number of fused-ring (bicyclic) bond motifs is 1. The van der Waals surface area contributed by atoms with Gasteiger partial charge in [-0.1, -0.05) is 72.8 Å². The Morgan fingerprint density at radius 1 is 0.880 bits per heavy atom. The van der Waals surface area contributed by atoms with Gasteiger partial charge in [-0.3, -0.25) is 4.79 Å². The lowest BCUT2D eigenvalue weighted by Crippen LogP contribution is -2.69. The van der Waals surface area contributed by atoms with E-state index in [1.807, 2.05) is 60.7 Å². The summed E-state index contributed by atoms with van der Waals surface area (Å²) in [7, 11) is 1.56. The Kier molecular flexibility index (Phi) is 11.7. The van der Waals surface area contributed by atoms with Crippen molar-refractivity contribution in [3.8, 4) is 5.75 Å². The van der Waals surface area contributed by atoms with Gasteiger partial charge >= 0.3 is 11.9 Å². The van der Waals surface area contributed by atoms with Crippen molar-refractivity contribution in [3.63, 3.8) is 0 Å². The highest BCUT2D eigenvalue weighted by Gasteiger charge is 2.79. The lowest BCUT2D eigenvalue weighted by atomic mass is 9.76. The van der Waals surface area contributed by atoms with Crippen molar-refractivity contribution in [1.82, 2.24) is 4.90 Å². The Morgan fingerprint density at radius 3 is 2.02 bits per heavy atom. The maximum atomic E-state index is 14.5. The Labute approximate surface area is 294 Å². The molecule has 3 aliphatic rings. The molecule has 10 heteroatoms. The third-order valence-corrected chi connectivity index (χ3v) is 9.30. The van der Waals surface area contributed by atoms with E-state index in [9.17, 15) is 14.4 Å². The van der Waals surface area contributed by atoms with E-state index < -0.39 is 46.8 Å². The summed E-state index contributed by atoms with van der Waals surface area (Å²) >= 11 is 0. The molecule has 3 aliphatic heterocycles. The zero-order valence-corrected chi connectivity index (χ0v) is 29.9. The third kappa shape index (κ3) is 8.04. The summed E-state index contributed by atoms with van der Waals surface area (Å²) in [4.78, 5) is 44.6. The first-order valence-electron chi connectivity index (χ1n) is 17.2. The fourth-order valence-electron chi connectivity index (χ4n) is 6.72. The quantitative estimate of drug-likeness (QED) is 0.177. The average Bonchev–Trinajstić information content (AvgIpc) is 3.76. The summed E-state index contributed by atoms with van der Waals surface area (Å²) in [6.07, 6.45) is 2.38. The topological polar surface area (TPSA) is 110 Å². The van der Waals surface area contributed by atoms with E-state index in [0.29, 0.717) is 17.4 Å². The number of ether oxygens (including phenoxy) is 6. The molecule has 1 amide bonds. The summed E-state index contributed by atoms with van der Waals surface area (Å²) in [6.45, 7) is 9.91. The number of carbonyl (C=O) groups is 3. The van der Waals surface area contributed by atoms with Crippen molar-refractivity contribution in [2.24, 2.45) is 5.92 Å². The Morgan fingerprint density at radius 2 is 1.50 bits per heavy atom. The van der Waals surface area contributed by atoms with E-state index >= 15 is 0 Å². The molecule has 0 spiro atoms. The highest BCUT2D eigenvalue weighted by Crippen LogP contribution is 2.55. The third-order valence-electron chi connectivity index (χ3n) is 9.30. The summed E-state index contributed by atoms with van der Waals surface area (Å²) in [5.74, 6) is -2.51. The van der Waals surface area contributed by atoms with Crippen LogP contribution in [-0.4, -0.2) is 65.6 Å². The molecule has 0 saturated carbocycles. The van der Waals surface area contributed by atoms with Crippen LogP contribution < -0.4 is 4.74 Å². The number of esters is 2. The molecule has 6 rings (SSSR count). The van der Waals surface area contributed by atoms with Crippen LogP contribution in [0.15, 0.2) is 84.9 Å². The average molecular weight is 688 g/mol. The zero-order chi connectivity index (χ0) is 35.9. The number of nitrogens with zero attached hydrogens (tertiary/aromatic N) is 1. The number of methoxy groups -OCH3 is 1. The second kappa shape index (κ2) is 15.7. The fourth-order valence-corrected chi connectivity index (χ4v) is 6.72. The lowest BCUT2D eigenvalue weighted by molar-refractivity contribution is -0.223. The highest BCUT2D eigenvalue weighted by molar-refractivity contribution is 6.13. The predicted octanol–water partition coefficient (Wildman–Crippen LogP) is 6.38. The Balaban J connectivity index is 0.000000732. The number of benzene rings is 3. The first-order chi connectivity index (χ1) is 23.9. The molecule has 0 bridgehead atoms. The van der Waals surface area contributed by atoms with Crippen molar-refractivity contribution in [1.29, 1.82) is 0 Å². The SMILES string of the molecule is CC1CCCO1.COc1ccc(CN2C(=O)[C@@H]3C[C@@H](OCc4ccccc4)O[C@]3(C)[C@]2(C(=O)OCc2ccccc2)C(=O)OC(C)(C)C)cc1. The smallest absolute Gasteiger partial charge is 0.347 e. The van der Waals surface area contributed by atoms with E-state index in [1.54, 1.807) is 59.1 Å². The zero-order valence-electron chi connectivity index (χ0n) is 29.9. The first kappa shape index (κ1) is 37.0. The molecule has 0 radical (unpaired) electrons. The maximum absolute atomic E-state index is 14.5. The van der Waals surface area contributed by atoms with E-state index in [2.05, 4.69) is 6.92 Å². The van der Waals surface area contributed by atoms with E-state index in [-0.39, 0.29) is 26.2 Å². The van der Waals surface area contributed by atoms with Crippen LogP contribution >= 0.6 is 0 Å². The maximum Gasteiger partial charge on any atom is 0.347 e. The van der Waals surface area contributed by atoms with Gasteiger partial charge in [-0.2, -0.15) is 0 Å². The van der Waals surface area contributed by atoms with E-state index in [0.717, 1.165) is 17.7 Å². The van der Waals surface area contributed by atoms with Gasteiger partial charge in [0.15, 0.2) is 6.29 Å². The van der Waals surface area contributed by atoms with Crippen molar-refractivity contribution < 1.29 is 42.8 Å². The van der Waals surface area contributed by atoms with Crippen LogP contribution in [0.1, 0.15) is 70.6 Å². The molecule has 50 heavy (non-hydrogen) atoms. The van der Waals surface area contributed by atoms with Gasteiger partial charge in [0, 0.05) is 19.6 Å². The molecule has 3 heterocycles. The van der Waals surface area contributed by atoms with Crippen LogP contribution in [0.25, 0.3) is 0 Å². The molecule has 3 aromatic carbocycles. The number of rotatable bonds is 10. The summed E-state index contributed by atoms with van der Waals surface area (Å²) in [5, 5.41) is 0. The van der Waals surface area contributed by atoms with Gasteiger partial charge in [0.2, 0.25) is 5.91 Å². The van der Waals surface area contributed by atoms with Gasteiger partial charge in [-0.15, -0.1) is 0 Å². The molecule has 3 saturated heterocycles. The Hall–Kier alpha value is -4.25. The summed E-state index contributed by atoms with van der Waals surface area (Å²) < 4.78 is 34.8. The van der Waals surface area contributed by atoms with E-state index in [4.69, 9.17) is 28.4 Å². The standard InChI is InChI=1S/C35H39NO8.C5H10O/c1-33(2,3)44-32(39)35(31(38)42-23-26-14-10-7-11-15-26)34(4)28(20-29(43-34)41-22-25-12-8-6-9-13-25)30(37)36(35)21-24-16-18-27(40-5)19-17-24;1-5-3-2-4-6-5/h6-19,28-29H,20-23H2,1-5H3;5H,2-4H2,1H3/t28-,29-,34-,35-;/m0./s1. The second-order valence-electron chi connectivity index (χ2n) is 14.1. The molecule has 5 atom stereocenters. The van der Waals surface area contributed by atoms with Crippen LogP contribution in [-0.2, 0) is 57.8 Å². The van der Waals surface area contributed by atoms with Gasteiger partial charge < -0.3 is 33.3 Å². The van der Waals surface area contributed by atoms with Crippen LogP contribution in [0.2, 0.25) is 0 Å². The van der Waals surface area contributed by atoms with Gasteiger partial charge in [0.25, 0.3) is 5.54 Å². The molecule has 1 unspecified atom stereocenters. The van der Waals surface area contributed by atoms with Crippen LogP contribution in [0.5, 0.6) is 5.75 Å². The first-order valence-corrected chi connectivity index (χ1v) is 17.2. The minimum atomic E-state index is -2.26. The number of hydrogen-bond acceptors (Lipinski definition) is 9. The predicted molar refractivity (Wildman–Crippen MR) is 186 cm³/mol. The highest BCUT2D eigenvalue weighted by atomic mass is 16.7. The minimum absolute atomic E-state index is 0.0620. The summed E-state index contributed by atoms with van der Waals surface area (Å²) in [5.41, 5.74) is -2.57. The monoisotopic (exact) mass is 687 g/mol. The molecule has 0 aromatic heterocycles. The summed E-state index contributed by atoms with van der Waals surface area (Å²) in [6, 6.07) is 25.8. The van der Waals surface area contributed by atoms with Gasteiger partial charge in [-0.25, -0.2) is 9.59 Å². The molecule has 3 fully saturated rings. The number of amides is 1. The molecular formula is C40H49NO9. The lowest BCUT2D eigenvalue weighted by Gasteiger charge is -2.43. The molecular weight excluding hydrogens is 638 g/mol. The van der Waals surface area contributed by atoms with Gasteiger partial charge in [0.05, 0.1) is 25.7 Å². The molecule has 10 nitrogen and oxygen atoms in total. The molecule has 268 valence electrons. The normalized spacial score (nSPS) is 25.8. The van der Waals surface area contributed by atoms with Crippen molar-refractivity contribution >= 4 is 17.8 Å². The number of carbonyl (C=O) groups excluding carboxylic acids is 3. The minimum Gasteiger partial charge on any atom is -0.497 e. The number of hydrogen-bond donors (Lipinski definition) is 0. The van der Waals surface area contributed by atoms with Crippen LogP contribution in [0, 0.1) is 5.92 Å². The van der Waals surface area contributed by atoms with Gasteiger partial charge in [-0.05, 0) is 76.3 Å².